The molecule has 2 nitrogen and oxygen atoms in total. The molecule has 0 atom stereocenters. The maximum atomic E-state index is 4.69. The highest BCUT2D eigenvalue weighted by Gasteiger charge is 2.19. The number of hydrogen-bond acceptors (Lipinski definition) is 3. The van der Waals surface area contributed by atoms with E-state index in [1.807, 2.05) is 0 Å². The van der Waals surface area contributed by atoms with Gasteiger partial charge in [-0.1, -0.05) is 28.1 Å². The zero-order chi connectivity index (χ0) is 12.4. The quantitative estimate of drug-likeness (QED) is 0.903. The zero-order valence-corrected chi connectivity index (χ0v) is 12.4. The summed E-state index contributed by atoms with van der Waals surface area (Å²) in [6.07, 6.45) is 3.74. The number of aromatic nitrogens is 1. The van der Waals surface area contributed by atoms with Gasteiger partial charge in [0.25, 0.3) is 0 Å². The van der Waals surface area contributed by atoms with Crippen LogP contribution in [0.2, 0.25) is 0 Å². The summed E-state index contributed by atoms with van der Waals surface area (Å²) in [5.41, 5.74) is 2.28. The fourth-order valence-electron chi connectivity index (χ4n) is 1.85. The Balaban J connectivity index is 1.62. The average molecular weight is 323 g/mol. The van der Waals surface area contributed by atoms with E-state index in [4.69, 9.17) is 4.98 Å². The second-order valence-corrected chi connectivity index (χ2v) is 6.47. The summed E-state index contributed by atoms with van der Waals surface area (Å²) in [4.78, 5) is 4.69. The standard InChI is InChI=1S/C14H15BrN2S/c15-11-3-1-10(2-4-11)13-9-18-14(17-13)7-8-16-12-5-6-12/h1-4,9,12,16H,5-8H2. The van der Waals surface area contributed by atoms with Crippen LogP contribution >= 0.6 is 27.3 Å². The third kappa shape index (κ3) is 3.19. The number of nitrogens with zero attached hydrogens (tertiary/aromatic N) is 1. The van der Waals surface area contributed by atoms with E-state index in [1.54, 1.807) is 11.3 Å². The first kappa shape index (κ1) is 12.3. The van der Waals surface area contributed by atoms with Crippen molar-refractivity contribution in [2.45, 2.75) is 25.3 Å². The zero-order valence-electron chi connectivity index (χ0n) is 10.0. The van der Waals surface area contributed by atoms with Crippen LogP contribution in [0.3, 0.4) is 0 Å². The van der Waals surface area contributed by atoms with Gasteiger partial charge in [0, 0.05) is 34.4 Å². The van der Waals surface area contributed by atoms with Crippen molar-refractivity contribution < 1.29 is 0 Å². The Morgan fingerprint density at radius 3 is 2.78 bits per heavy atom. The average Bonchev–Trinajstić information content (AvgIpc) is 3.08. The Bertz CT molecular complexity index is 517. The monoisotopic (exact) mass is 322 g/mol. The molecule has 1 aromatic carbocycles. The molecule has 4 heteroatoms. The summed E-state index contributed by atoms with van der Waals surface area (Å²) >= 11 is 5.21. The summed E-state index contributed by atoms with van der Waals surface area (Å²) in [7, 11) is 0. The van der Waals surface area contributed by atoms with E-state index in [9.17, 15) is 0 Å². The minimum Gasteiger partial charge on any atom is -0.314 e. The predicted molar refractivity (Wildman–Crippen MR) is 80.0 cm³/mol. The minimum absolute atomic E-state index is 0.788. The molecule has 1 aromatic heterocycles. The van der Waals surface area contributed by atoms with Gasteiger partial charge >= 0.3 is 0 Å². The Hall–Kier alpha value is -0.710. The van der Waals surface area contributed by atoms with Gasteiger partial charge in [-0.15, -0.1) is 11.3 Å². The molecule has 1 aliphatic carbocycles. The lowest BCUT2D eigenvalue weighted by Gasteiger charge is -1.99. The summed E-state index contributed by atoms with van der Waals surface area (Å²) in [5.74, 6) is 0. The molecular formula is C14H15BrN2S. The van der Waals surface area contributed by atoms with Gasteiger partial charge in [0.05, 0.1) is 10.7 Å². The smallest absolute Gasteiger partial charge is 0.0945 e. The summed E-state index contributed by atoms with van der Waals surface area (Å²) in [5, 5.41) is 6.89. The van der Waals surface area contributed by atoms with Crippen LogP contribution in [0.4, 0.5) is 0 Å². The van der Waals surface area contributed by atoms with E-state index in [-0.39, 0.29) is 0 Å². The Morgan fingerprint density at radius 1 is 1.28 bits per heavy atom. The lowest BCUT2D eigenvalue weighted by Crippen LogP contribution is -2.19. The van der Waals surface area contributed by atoms with Gasteiger partial charge in [-0.25, -0.2) is 4.98 Å². The number of thiazole rings is 1. The fourth-order valence-corrected chi connectivity index (χ4v) is 2.92. The molecular weight excluding hydrogens is 308 g/mol. The van der Waals surface area contributed by atoms with Gasteiger partial charge < -0.3 is 5.32 Å². The largest absolute Gasteiger partial charge is 0.314 e. The van der Waals surface area contributed by atoms with Crippen molar-refractivity contribution in [1.82, 2.24) is 10.3 Å². The van der Waals surface area contributed by atoms with E-state index in [0.717, 1.165) is 29.2 Å². The Kier molecular flexibility index (Phi) is 3.77. The van der Waals surface area contributed by atoms with E-state index >= 15 is 0 Å². The van der Waals surface area contributed by atoms with Crippen LogP contribution in [-0.4, -0.2) is 17.6 Å². The second kappa shape index (κ2) is 5.51. The highest BCUT2D eigenvalue weighted by atomic mass is 79.9. The highest BCUT2D eigenvalue weighted by molar-refractivity contribution is 9.10. The first-order valence-corrected chi connectivity index (χ1v) is 7.92. The number of benzene rings is 1. The van der Waals surface area contributed by atoms with Crippen LogP contribution in [0.1, 0.15) is 17.8 Å². The van der Waals surface area contributed by atoms with E-state index in [1.165, 1.54) is 23.4 Å². The SMILES string of the molecule is Brc1ccc(-c2csc(CCNC3CC3)n2)cc1. The fraction of sp³-hybridized carbons (Fsp3) is 0.357. The van der Waals surface area contributed by atoms with Gasteiger partial charge in [0.15, 0.2) is 0 Å². The number of nitrogens with one attached hydrogen (secondary N) is 1. The van der Waals surface area contributed by atoms with Crippen molar-refractivity contribution in [3.8, 4) is 11.3 Å². The molecule has 0 spiro atoms. The third-order valence-electron chi connectivity index (χ3n) is 3.04. The van der Waals surface area contributed by atoms with Crippen molar-refractivity contribution in [2.24, 2.45) is 0 Å². The van der Waals surface area contributed by atoms with Crippen molar-refractivity contribution in [3.05, 3.63) is 39.1 Å². The summed E-state index contributed by atoms with van der Waals surface area (Å²) < 4.78 is 1.11. The molecule has 1 aliphatic rings. The Labute approximate surface area is 120 Å². The van der Waals surface area contributed by atoms with E-state index in [2.05, 4.69) is 50.9 Å². The predicted octanol–water partition coefficient (Wildman–Crippen LogP) is 3.87. The van der Waals surface area contributed by atoms with Crippen molar-refractivity contribution in [2.75, 3.05) is 6.54 Å². The first-order valence-electron chi connectivity index (χ1n) is 6.25. The van der Waals surface area contributed by atoms with Crippen molar-refractivity contribution in [1.29, 1.82) is 0 Å². The van der Waals surface area contributed by atoms with Crippen LogP contribution in [0, 0.1) is 0 Å². The molecule has 0 amide bonds. The highest BCUT2D eigenvalue weighted by Crippen LogP contribution is 2.24. The molecule has 0 saturated heterocycles. The van der Waals surface area contributed by atoms with Crippen LogP contribution in [0.15, 0.2) is 34.1 Å². The summed E-state index contributed by atoms with van der Waals surface area (Å²) in [6, 6.07) is 9.11. The van der Waals surface area contributed by atoms with Gasteiger partial charge in [-0.2, -0.15) is 0 Å². The van der Waals surface area contributed by atoms with Crippen molar-refractivity contribution in [3.63, 3.8) is 0 Å². The van der Waals surface area contributed by atoms with Gasteiger partial charge in [-0.05, 0) is 25.0 Å². The molecule has 3 rings (SSSR count). The number of halogens is 1. The molecule has 0 unspecified atom stereocenters. The van der Waals surface area contributed by atoms with Crippen molar-refractivity contribution >= 4 is 27.3 Å². The van der Waals surface area contributed by atoms with Crippen LogP contribution in [-0.2, 0) is 6.42 Å². The topological polar surface area (TPSA) is 24.9 Å². The molecule has 1 fully saturated rings. The second-order valence-electron chi connectivity index (χ2n) is 4.61. The molecule has 94 valence electrons. The molecule has 18 heavy (non-hydrogen) atoms. The first-order chi connectivity index (χ1) is 8.81. The lowest BCUT2D eigenvalue weighted by atomic mass is 10.2. The molecule has 0 radical (unpaired) electrons. The molecule has 0 aliphatic heterocycles. The molecule has 2 aromatic rings. The molecule has 1 heterocycles. The third-order valence-corrected chi connectivity index (χ3v) is 4.48. The maximum Gasteiger partial charge on any atom is 0.0945 e. The molecule has 1 N–H and O–H groups in total. The van der Waals surface area contributed by atoms with Crippen LogP contribution < -0.4 is 5.32 Å². The van der Waals surface area contributed by atoms with Gasteiger partial charge in [-0.3, -0.25) is 0 Å². The molecule has 1 saturated carbocycles. The minimum atomic E-state index is 0.788. The lowest BCUT2D eigenvalue weighted by molar-refractivity contribution is 0.680. The maximum absolute atomic E-state index is 4.69. The number of hydrogen-bond donors (Lipinski definition) is 1. The van der Waals surface area contributed by atoms with E-state index < -0.39 is 0 Å². The Morgan fingerprint density at radius 2 is 2.06 bits per heavy atom. The van der Waals surface area contributed by atoms with Gasteiger partial charge in [0.2, 0.25) is 0 Å². The van der Waals surface area contributed by atoms with Crippen LogP contribution in [0.25, 0.3) is 11.3 Å². The van der Waals surface area contributed by atoms with Crippen LogP contribution in [0.5, 0.6) is 0 Å². The normalized spacial score (nSPS) is 14.9. The number of rotatable bonds is 5. The molecule has 0 bridgehead atoms. The summed E-state index contributed by atoms with van der Waals surface area (Å²) in [6.45, 7) is 1.05. The van der Waals surface area contributed by atoms with Gasteiger partial charge in [0.1, 0.15) is 0 Å². The van der Waals surface area contributed by atoms with E-state index in [0.29, 0.717) is 0 Å².